The van der Waals surface area contributed by atoms with Crippen LogP contribution in [-0.2, 0) is 16.0 Å². The van der Waals surface area contributed by atoms with E-state index in [2.05, 4.69) is 31.0 Å². The molecule has 186 valence electrons. The Morgan fingerprint density at radius 1 is 0.973 bits per heavy atom. The number of methoxy groups -OCH3 is 1. The highest BCUT2D eigenvalue weighted by Gasteiger charge is 2.53. The largest absolute Gasteiger partial charge is 0.465 e. The second-order valence-corrected chi connectivity index (χ2v) is 9.88. The van der Waals surface area contributed by atoms with Crippen molar-refractivity contribution in [1.82, 2.24) is 9.88 Å². The Balaban J connectivity index is 1.52. The van der Waals surface area contributed by atoms with Gasteiger partial charge in [-0.3, -0.25) is 9.69 Å². The molecule has 7 heteroatoms. The van der Waals surface area contributed by atoms with Gasteiger partial charge in [-0.25, -0.2) is 14.5 Å². The van der Waals surface area contributed by atoms with Gasteiger partial charge in [-0.2, -0.15) is 0 Å². The van der Waals surface area contributed by atoms with Crippen LogP contribution in [0.15, 0.2) is 72.8 Å². The van der Waals surface area contributed by atoms with Gasteiger partial charge in [0.15, 0.2) is 0 Å². The fourth-order valence-corrected chi connectivity index (χ4v) is 5.66. The van der Waals surface area contributed by atoms with E-state index in [0.717, 1.165) is 32.6 Å². The number of carbonyl (C=O) groups excluding carboxylic acids is 3. The lowest BCUT2D eigenvalue weighted by atomic mass is 9.88. The predicted molar refractivity (Wildman–Crippen MR) is 141 cm³/mol. The molecule has 6 rings (SSSR count). The average molecular weight is 494 g/mol. The van der Waals surface area contributed by atoms with Crippen molar-refractivity contribution in [3.05, 3.63) is 101 Å². The lowest BCUT2D eigenvalue weighted by Gasteiger charge is -2.36. The van der Waals surface area contributed by atoms with Crippen LogP contribution in [0.5, 0.6) is 0 Å². The van der Waals surface area contributed by atoms with E-state index in [-0.39, 0.29) is 17.2 Å². The highest BCUT2D eigenvalue weighted by atomic mass is 16.5. The number of benzene rings is 3. The van der Waals surface area contributed by atoms with Crippen LogP contribution in [0.25, 0.3) is 10.9 Å². The molecule has 3 heterocycles. The van der Waals surface area contributed by atoms with Crippen molar-refractivity contribution >= 4 is 34.5 Å². The molecule has 3 amide bonds. The Hall–Kier alpha value is -4.39. The number of anilines is 1. The molecule has 0 aliphatic carbocycles. The van der Waals surface area contributed by atoms with E-state index in [9.17, 15) is 14.4 Å². The highest BCUT2D eigenvalue weighted by molar-refractivity contribution is 6.23. The minimum Gasteiger partial charge on any atom is -0.465 e. The first-order valence-corrected chi connectivity index (χ1v) is 12.4. The van der Waals surface area contributed by atoms with E-state index in [4.69, 9.17) is 4.74 Å². The molecule has 4 aromatic rings. The molecule has 1 fully saturated rings. The van der Waals surface area contributed by atoms with Crippen LogP contribution in [-0.4, -0.2) is 40.9 Å². The molecule has 0 saturated carbocycles. The van der Waals surface area contributed by atoms with E-state index in [1.54, 1.807) is 29.2 Å². The molecule has 37 heavy (non-hydrogen) atoms. The van der Waals surface area contributed by atoms with Crippen LogP contribution < -0.4 is 4.90 Å². The maximum Gasteiger partial charge on any atom is 0.339 e. The van der Waals surface area contributed by atoms with E-state index in [1.807, 2.05) is 36.4 Å². The molecule has 3 aromatic carbocycles. The van der Waals surface area contributed by atoms with E-state index >= 15 is 0 Å². The summed E-state index contributed by atoms with van der Waals surface area (Å²) in [6.07, 6.45) is 0.390. The minimum absolute atomic E-state index is 0.174. The van der Waals surface area contributed by atoms with E-state index in [0.29, 0.717) is 12.3 Å². The number of nitrogens with zero attached hydrogens (tertiary/aromatic N) is 2. The zero-order chi connectivity index (χ0) is 25.8. The number of amides is 3. The number of esters is 1. The maximum atomic E-state index is 14.1. The zero-order valence-corrected chi connectivity index (χ0v) is 20.9. The SMILES string of the molecule is COC(=O)c1ccccc1N1C(=O)C2Cc3c([nH]c4ccccc34)C(c3ccc(C(C)C)cc3)N2C1=O. The van der Waals surface area contributed by atoms with Gasteiger partial charge in [-0.15, -0.1) is 0 Å². The van der Waals surface area contributed by atoms with Crippen molar-refractivity contribution in [2.45, 2.75) is 38.3 Å². The maximum absolute atomic E-state index is 14.1. The zero-order valence-electron chi connectivity index (χ0n) is 20.9. The number of hydrogen-bond donors (Lipinski definition) is 1. The summed E-state index contributed by atoms with van der Waals surface area (Å²) in [7, 11) is 1.28. The van der Waals surface area contributed by atoms with Crippen molar-refractivity contribution in [2.24, 2.45) is 0 Å². The number of fused-ring (bicyclic) bond motifs is 4. The Kier molecular flexibility index (Phi) is 5.37. The molecular weight excluding hydrogens is 466 g/mol. The summed E-state index contributed by atoms with van der Waals surface area (Å²) in [6, 6.07) is 21.2. The van der Waals surface area contributed by atoms with Crippen molar-refractivity contribution in [2.75, 3.05) is 12.0 Å². The number of nitrogens with one attached hydrogen (secondary N) is 1. The fourth-order valence-electron chi connectivity index (χ4n) is 5.66. The quantitative estimate of drug-likeness (QED) is 0.298. The van der Waals surface area contributed by atoms with Crippen LogP contribution in [0.1, 0.15) is 58.5 Å². The van der Waals surface area contributed by atoms with Crippen LogP contribution in [0.3, 0.4) is 0 Å². The highest BCUT2D eigenvalue weighted by Crippen LogP contribution is 2.45. The monoisotopic (exact) mass is 493 g/mol. The molecule has 1 aromatic heterocycles. The third-order valence-electron chi connectivity index (χ3n) is 7.52. The van der Waals surface area contributed by atoms with Gasteiger partial charge in [-0.1, -0.05) is 68.4 Å². The van der Waals surface area contributed by atoms with Crippen molar-refractivity contribution in [3.8, 4) is 0 Å². The van der Waals surface area contributed by atoms with Gasteiger partial charge in [0.25, 0.3) is 5.91 Å². The second-order valence-electron chi connectivity index (χ2n) is 9.88. The summed E-state index contributed by atoms with van der Waals surface area (Å²) in [6.45, 7) is 4.28. The Labute approximate surface area is 214 Å². The summed E-state index contributed by atoms with van der Waals surface area (Å²) < 4.78 is 4.93. The van der Waals surface area contributed by atoms with Gasteiger partial charge < -0.3 is 9.72 Å². The van der Waals surface area contributed by atoms with Gasteiger partial charge in [0.05, 0.1) is 18.4 Å². The lowest BCUT2D eigenvalue weighted by molar-refractivity contribution is -0.120. The summed E-state index contributed by atoms with van der Waals surface area (Å²) in [5.41, 5.74) is 5.47. The first-order valence-electron chi connectivity index (χ1n) is 12.4. The smallest absolute Gasteiger partial charge is 0.339 e. The number of hydrogen-bond acceptors (Lipinski definition) is 4. The number of imide groups is 1. The van der Waals surface area contributed by atoms with Gasteiger partial charge in [-0.05, 0) is 40.8 Å². The van der Waals surface area contributed by atoms with E-state index in [1.165, 1.54) is 12.7 Å². The number of para-hydroxylation sites is 2. The van der Waals surface area contributed by atoms with Gasteiger partial charge in [0.2, 0.25) is 0 Å². The summed E-state index contributed by atoms with van der Waals surface area (Å²) in [5, 5.41) is 1.05. The third kappa shape index (κ3) is 3.45. The predicted octanol–water partition coefficient (Wildman–Crippen LogP) is 5.56. The molecule has 2 aliphatic rings. The van der Waals surface area contributed by atoms with Crippen LogP contribution in [0.2, 0.25) is 0 Å². The third-order valence-corrected chi connectivity index (χ3v) is 7.52. The first kappa shape index (κ1) is 23.0. The number of urea groups is 1. The molecule has 0 spiro atoms. The minimum atomic E-state index is -0.695. The molecule has 2 unspecified atom stereocenters. The number of H-pyrrole nitrogens is 1. The molecule has 7 nitrogen and oxygen atoms in total. The topological polar surface area (TPSA) is 82.7 Å². The van der Waals surface area contributed by atoms with Gasteiger partial charge in [0, 0.05) is 23.0 Å². The van der Waals surface area contributed by atoms with Crippen LogP contribution in [0, 0.1) is 0 Å². The van der Waals surface area contributed by atoms with E-state index < -0.39 is 24.1 Å². The molecule has 2 aliphatic heterocycles. The summed E-state index contributed by atoms with van der Waals surface area (Å²) in [5.74, 6) is -0.573. The van der Waals surface area contributed by atoms with Gasteiger partial charge in [0.1, 0.15) is 12.1 Å². The van der Waals surface area contributed by atoms with Crippen molar-refractivity contribution < 1.29 is 19.1 Å². The molecule has 0 bridgehead atoms. The lowest BCUT2D eigenvalue weighted by Crippen LogP contribution is -2.44. The number of aromatic nitrogens is 1. The standard InChI is InChI=1S/C30H27N3O4/c1-17(2)18-12-14-19(15-13-18)27-26-22(20-8-4-6-10-23(20)31-26)16-25-28(34)33(30(36)32(25)27)24-11-7-5-9-21(24)29(35)37-3/h4-15,17,25,27,31H,16H2,1-3H3. The van der Waals surface area contributed by atoms with Crippen LogP contribution >= 0.6 is 0 Å². The Bertz CT molecular complexity index is 1550. The Morgan fingerprint density at radius 2 is 1.68 bits per heavy atom. The summed E-state index contributed by atoms with van der Waals surface area (Å²) in [4.78, 5) is 46.8. The fraction of sp³-hybridized carbons (Fsp3) is 0.233. The normalized spacial score (nSPS) is 18.9. The number of aromatic amines is 1. The second kappa shape index (κ2) is 8.62. The number of carbonyl (C=O) groups is 3. The molecule has 0 radical (unpaired) electrons. The summed E-state index contributed by atoms with van der Waals surface area (Å²) >= 11 is 0. The first-order chi connectivity index (χ1) is 17.9. The molecule has 1 saturated heterocycles. The van der Waals surface area contributed by atoms with Crippen molar-refractivity contribution in [1.29, 1.82) is 0 Å². The molecule has 2 atom stereocenters. The molecular formula is C30H27N3O4. The Morgan fingerprint density at radius 3 is 2.41 bits per heavy atom. The number of rotatable bonds is 4. The average Bonchev–Trinajstić information content (AvgIpc) is 3.41. The van der Waals surface area contributed by atoms with Crippen LogP contribution in [0.4, 0.5) is 10.5 Å². The van der Waals surface area contributed by atoms with Gasteiger partial charge >= 0.3 is 12.0 Å². The van der Waals surface area contributed by atoms with Crippen molar-refractivity contribution in [3.63, 3.8) is 0 Å². The number of ether oxygens (including phenoxy) is 1. The molecule has 1 N–H and O–H groups in total.